The number of unbranched alkanes of at least 4 members (excludes halogenated alkanes) is 2. The number of hydrogen-bond donors (Lipinski definition) is 1. The molecule has 142 valence electrons. The molecule has 0 saturated heterocycles. The summed E-state index contributed by atoms with van der Waals surface area (Å²) in [7, 11) is 1.56. The van der Waals surface area contributed by atoms with Gasteiger partial charge in [-0.25, -0.2) is 0 Å². The molecule has 0 radical (unpaired) electrons. The van der Waals surface area contributed by atoms with Gasteiger partial charge in [0, 0.05) is 6.54 Å². The molecule has 1 aromatic carbocycles. The van der Waals surface area contributed by atoms with Gasteiger partial charge in [-0.2, -0.15) is 0 Å². The van der Waals surface area contributed by atoms with Crippen molar-refractivity contribution >= 4 is 11.7 Å². The number of rotatable bonds is 8. The van der Waals surface area contributed by atoms with E-state index in [1.807, 2.05) is 6.07 Å². The Morgan fingerprint density at radius 1 is 1.26 bits per heavy atom. The SMILES string of the molecule is CCCCCN1C(=O)C(O)=C(C(=O)c2ccco2)C1c1cccc(OC)c1. The Morgan fingerprint density at radius 2 is 2.07 bits per heavy atom. The van der Waals surface area contributed by atoms with E-state index in [0.29, 0.717) is 17.9 Å². The predicted molar refractivity (Wildman–Crippen MR) is 99.7 cm³/mol. The van der Waals surface area contributed by atoms with Crippen molar-refractivity contribution < 1.29 is 23.8 Å². The molecular weight excluding hydrogens is 346 g/mol. The Balaban J connectivity index is 2.04. The summed E-state index contributed by atoms with van der Waals surface area (Å²) in [6.07, 6.45) is 4.14. The zero-order valence-electron chi connectivity index (χ0n) is 15.5. The number of ether oxygens (including phenoxy) is 1. The van der Waals surface area contributed by atoms with Crippen LogP contribution in [0, 0.1) is 0 Å². The van der Waals surface area contributed by atoms with Crippen molar-refractivity contribution in [3.8, 4) is 5.75 Å². The third-order valence-electron chi connectivity index (χ3n) is 4.71. The van der Waals surface area contributed by atoms with Gasteiger partial charge >= 0.3 is 0 Å². The fraction of sp³-hybridized carbons (Fsp3) is 0.333. The maximum absolute atomic E-state index is 13.0. The van der Waals surface area contributed by atoms with Crippen LogP contribution in [-0.4, -0.2) is 35.4 Å². The van der Waals surface area contributed by atoms with E-state index in [4.69, 9.17) is 9.15 Å². The molecule has 0 spiro atoms. The highest BCUT2D eigenvalue weighted by Crippen LogP contribution is 2.40. The Kier molecular flexibility index (Phi) is 5.64. The van der Waals surface area contributed by atoms with Crippen LogP contribution in [0.15, 0.2) is 58.4 Å². The minimum absolute atomic E-state index is 0.0414. The summed E-state index contributed by atoms with van der Waals surface area (Å²) in [5.41, 5.74) is 0.748. The second-order valence-electron chi connectivity index (χ2n) is 6.45. The molecule has 0 saturated carbocycles. The van der Waals surface area contributed by atoms with Gasteiger partial charge in [0.1, 0.15) is 5.75 Å². The summed E-state index contributed by atoms with van der Waals surface area (Å²) >= 11 is 0. The maximum atomic E-state index is 13.0. The van der Waals surface area contributed by atoms with Crippen molar-refractivity contribution in [2.75, 3.05) is 13.7 Å². The Bertz CT molecular complexity index is 853. The van der Waals surface area contributed by atoms with Gasteiger partial charge in [-0.3, -0.25) is 9.59 Å². The van der Waals surface area contributed by atoms with Gasteiger partial charge in [-0.15, -0.1) is 0 Å². The van der Waals surface area contributed by atoms with E-state index in [2.05, 4.69) is 6.92 Å². The first-order chi connectivity index (χ1) is 13.1. The Morgan fingerprint density at radius 3 is 2.74 bits per heavy atom. The summed E-state index contributed by atoms with van der Waals surface area (Å²) < 4.78 is 10.5. The monoisotopic (exact) mass is 369 g/mol. The number of ketones is 1. The molecule has 6 heteroatoms. The van der Waals surface area contributed by atoms with Crippen molar-refractivity contribution in [1.82, 2.24) is 4.90 Å². The number of carbonyl (C=O) groups is 2. The largest absolute Gasteiger partial charge is 0.503 e. The Labute approximate surface area is 158 Å². The van der Waals surface area contributed by atoms with Crippen molar-refractivity contribution in [2.24, 2.45) is 0 Å². The van der Waals surface area contributed by atoms with Gasteiger partial charge in [-0.05, 0) is 36.2 Å². The van der Waals surface area contributed by atoms with Gasteiger partial charge in [0.05, 0.1) is 25.0 Å². The van der Waals surface area contributed by atoms with E-state index in [-0.39, 0.29) is 11.3 Å². The van der Waals surface area contributed by atoms with Gasteiger partial charge in [0.2, 0.25) is 5.78 Å². The summed E-state index contributed by atoms with van der Waals surface area (Å²) in [5, 5.41) is 10.5. The molecule has 1 aliphatic rings. The van der Waals surface area contributed by atoms with Crippen LogP contribution in [0.25, 0.3) is 0 Å². The first-order valence-corrected chi connectivity index (χ1v) is 9.04. The molecular formula is C21H23NO5. The smallest absolute Gasteiger partial charge is 0.290 e. The van der Waals surface area contributed by atoms with Crippen molar-refractivity contribution in [1.29, 1.82) is 0 Å². The molecule has 0 fully saturated rings. The zero-order valence-corrected chi connectivity index (χ0v) is 15.5. The van der Waals surface area contributed by atoms with Gasteiger partial charge < -0.3 is 19.2 Å². The number of nitrogens with zero attached hydrogens (tertiary/aromatic N) is 1. The van der Waals surface area contributed by atoms with E-state index in [1.54, 1.807) is 36.3 Å². The van der Waals surface area contributed by atoms with Crippen LogP contribution in [0.1, 0.15) is 48.3 Å². The van der Waals surface area contributed by atoms with Crippen LogP contribution < -0.4 is 4.74 Å². The lowest BCUT2D eigenvalue weighted by atomic mass is 9.95. The minimum Gasteiger partial charge on any atom is -0.503 e. The third-order valence-corrected chi connectivity index (χ3v) is 4.71. The number of aliphatic hydroxyl groups excluding tert-OH is 1. The third kappa shape index (κ3) is 3.60. The highest BCUT2D eigenvalue weighted by atomic mass is 16.5. The molecule has 1 aliphatic heterocycles. The first kappa shape index (κ1) is 18.8. The standard InChI is InChI=1S/C21H23NO5/c1-3-4-5-11-22-18(14-8-6-9-15(13-14)26-2)17(20(24)21(22)25)19(23)16-10-7-12-27-16/h6-10,12-13,18,24H,3-5,11H2,1-2H3. The molecule has 0 aliphatic carbocycles. The lowest BCUT2D eigenvalue weighted by molar-refractivity contribution is -0.129. The highest BCUT2D eigenvalue weighted by molar-refractivity contribution is 6.15. The second-order valence-corrected chi connectivity index (χ2v) is 6.45. The average Bonchev–Trinajstić information content (AvgIpc) is 3.30. The van der Waals surface area contributed by atoms with E-state index >= 15 is 0 Å². The number of benzene rings is 1. The lowest BCUT2D eigenvalue weighted by Crippen LogP contribution is -2.32. The summed E-state index contributed by atoms with van der Waals surface area (Å²) in [6.45, 7) is 2.53. The van der Waals surface area contributed by atoms with Crippen LogP contribution >= 0.6 is 0 Å². The number of furan rings is 1. The maximum Gasteiger partial charge on any atom is 0.290 e. The molecule has 2 aromatic rings. The van der Waals surface area contributed by atoms with Crippen LogP contribution in [0.3, 0.4) is 0 Å². The van der Waals surface area contributed by atoms with Crippen molar-refractivity contribution in [3.63, 3.8) is 0 Å². The topological polar surface area (TPSA) is 80.0 Å². The second kappa shape index (κ2) is 8.12. The lowest BCUT2D eigenvalue weighted by Gasteiger charge is -2.27. The molecule has 6 nitrogen and oxygen atoms in total. The van der Waals surface area contributed by atoms with Gasteiger partial charge in [0.15, 0.2) is 11.5 Å². The number of methoxy groups -OCH3 is 1. The first-order valence-electron chi connectivity index (χ1n) is 9.04. The van der Waals surface area contributed by atoms with E-state index in [0.717, 1.165) is 19.3 Å². The van der Waals surface area contributed by atoms with Crippen LogP contribution in [0.5, 0.6) is 5.75 Å². The molecule has 2 heterocycles. The summed E-state index contributed by atoms with van der Waals surface area (Å²) in [4.78, 5) is 27.2. The van der Waals surface area contributed by atoms with E-state index in [9.17, 15) is 14.7 Å². The molecule has 1 amide bonds. The molecule has 1 N–H and O–H groups in total. The van der Waals surface area contributed by atoms with Gasteiger partial charge in [0.25, 0.3) is 5.91 Å². The number of amides is 1. The van der Waals surface area contributed by atoms with Gasteiger partial charge in [-0.1, -0.05) is 31.9 Å². The fourth-order valence-corrected chi connectivity index (χ4v) is 3.35. The number of aliphatic hydroxyl groups is 1. The Hall–Kier alpha value is -3.02. The quantitative estimate of drug-likeness (QED) is 0.561. The molecule has 0 bridgehead atoms. The zero-order chi connectivity index (χ0) is 19.4. The normalized spacial score (nSPS) is 16.9. The number of carbonyl (C=O) groups excluding carboxylic acids is 2. The minimum atomic E-state index is -0.679. The molecule has 3 rings (SSSR count). The fourth-order valence-electron chi connectivity index (χ4n) is 3.35. The molecule has 27 heavy (non-hydrogen) atoms. The molecule has 1 aromatic heterocycles. The van der Waals surface area contributed by atoms with E-state index < -0.39 is 23.5 Å². The van der Waals surface area contributed by atoms with Crippen LogP contribution in [-0.2, 0) is 4.79 Å². The molecule has 1 atom stereocenters. The van der Waals surface area contributed by atoms with Crippen LogP contribution in [0.4, 0.5) is 0 Å². The average molecular weight is 369 g/mol. The highest BCUT2D eigenvalue weighted by Gasteiger charge is 2.44. The number of hydrogen-bond acceptors (Lipinski definition) is 5. The summed E-state index contributed by atoms with van der Waals surface area (Å²) in [5.74, 6) is -0.830. The van der Waals surface area contributed by atoms with Crippen molar-refractivity contribution in [2.45, 2.75) is 32.2 Å². The van der Waals surface area contributed by atoms with Crippen LogP contribution in [0.2, 0.25) is 0 Å². The predicted octanol–water partition coefficient (Wildman–Crippen LogP) is 4.06. The molecule has 1 unspecified atom stereocenters. The van der Waals surface area contributed by atoms with Crippen molar-refractivity contribution in [3.05, 3.63) is 65.3 Å². The van der Waals surface area contributed by atoms with E-state index in [1.165, 1.54) is 12.3 Å². The number of Topliss-reactive ketones (excluding diaryl/α,β-unsaturated/α-hetero) is 1. The summed E-state index contributed by atoms with van der Waals surface area (Å²) in [6, 6.07) is 9.63.